The number of rotatable bonds is 5. The van der Waals surface area contributed by atoms with Gasteiger partial charge in [0.25, 0.3) is 0 Å². The van der Waals surface area contributed by atoms with Crippen molar-refractivity contribution < 1.29 is 9.53 Å². The van der Waals surface area contributed by atoms with Gasteiger partial charge < -0.3 is 9.64 Å². The van der Waals surface area contributed by atoms with Crippen LogP contribution in [0.1, 0.15) is 24.8 Å². The lowest BCUT2D eigenvalue weighted by Gasteiger charge is -2.32. The van der Waals surface area contributed by atoms with Gasteiger partial charge in [-0.3, -0.25) is 4.79 Å². The number of carbonyl (C=O) groups excluding carboxylic acids is 1. The first kappa shape index (κ1) is 14.1. The maximum Gasteiger partial charge on any atom is 0.248 e. The van der Waals surface area contributed by atoms with E-state index in [0.717, 1.165) is 25.9 Å². The van der Waals surface area contributed by atoms with E-state index in [1.165, 1.54) is 18.4 Å². The van der Waals surface area contributed by atoms with E-state index in [-0.39, 0.29) is 12.5 Å². The topological polar surface area (TPSA) is 29.5 Å². The highest BCUT2D eigenvalue weighted by Gasteiger charge is 2.23. The Bertz CT molecular complexity index is 391. The van der Waals surface area contributed by atoms with E-state index >= 15 is 0 Å². The molecule has 19 heavy (non-hydrogen) atoms. The van der Waals surface area contributed by atoms with Gasteiger partial charge in [-0.15, -0.1) is 0 Å². The van der Waals surface area contributed by atoms with Gasteiger partial charge in [0, 0.05) is 20.2 Å². The Morgan fingerprint density at radius 1 is 1.37 bits per heavy atom. The first-order valence-corrected chi connectivity index (χ1v) is 7.10. The smallest absolute Gasteiger partial charge is 0.248 e. The molecule has 0 saturated carbocycles. The largest absolute Gasteiger partial charge is 0.375 e. The first-order valence-electron chi connectivity index (χ1n) is 7.10. The van der Waals surface area contributed by atoms with Crippen molar-refractivity contribution in [1.29, 1.82) is 0 Å². The van der Waals surface area contributed by atoms with Gasteiger partial charge in [0.05, 0.1) is 0 Å². The van der Waals surface area contributed by atoms with Crippen molar-refractivity contribution in [3.8, 4) is 0 Å². The maximum absolute atomic E-state index is 11.8. The minimum Gasteiger partial charge on any atom is -0.375 e. The van der Waals surface area contributed by atoms with E-state index in [4.69, 9.17) is 4.74 Å². The molecule has 1 amide bonds. The molecule has 1 aromatic carbocycles. The number of hydrogen-bond acceptors (Lipinski definition) is 2. The summed E-state index contributed by atoms with van der Waals surface area (Å²) >= 11 is 0. The van der Waals surface area contributed by atoms with Crippen molar-refractivity contribution in [2.24, 2.45) is 5.92 Å². The van der Waals surface area contributed by atoms with E-state index in [1.807, 2.05) is 4.90 Å². The Balaban J connectivity index is 1.79. The lowest BCUT2D eigenvalue weighted by Crippen LogP contribution is -2.41. The van der Waals surface area contributed by atoms with Gasteiger partial charge in [-0.1, -0.05) is 30.3 Å². The van der Waals surface area contributed by atoms with Gasteiger partial charge in [0.1, 0.15) is 6.61 Å². The molecule has 1 fully saturated rings. The average Bonchev–Trinajstić information content (AvgIpc) is 2.47. The Labute approximate surface area is 115 Å². The number of piperidine rings is 1. The van der Waals surface area contributed by atoms with Crippen LogP contribution in [0.15, 0.2) is 30.3 Å². The molecule has 1 saturated heterocycles. The molecule has 3 heteroatoms. The predicted molar refractivity (Wildman–Crippen MR) is 75.9 cm³/mol. The fraction of sp³-hybridized carbons (Fsp3) is 0.562. The zero-order valence-corrected chi connectivity index (χ0v) is 11.7. The van der Waals surface area contributed by atoms with Crippen LogP contribution in [0.2, 0.25) is 0 Å². The van der Waals surface area contributed by atoms with E-state index < -0.39 is 0 Å². The lowest BCUT2D eigenvalue weighted by molar-refractivity contribution is -0.137. The standard InChI is InChI=1S/C16H23NO2/c1-19-13-16(18)17-11-5-8-15(12-17)10-9-14-6-3-2-4-7-14/h2-4,6-7,15H,5,8-13H2,1H3. The van der Waals surface area contributed by atoms with Crippen molar-refractivity contribution in [1.82, 2.24) is 4.90 Å². The summed E-state index contributed by atoms with van der Waals surface area (Å²) in [6.45, 7) is 2.00. The number of likely N-dealkylation sites (tertiary alicyclic amines) is 1. The van der Waals surface area contributed by atoms with Crippen molar-refractivity contribution in [2.45, 2.75) is 25.7 Å². The monoisotopic (exact) mass is 261 g/mol. The Hall–Kier alpha value is -1.35. The lowest BCUT2D eigenvalue weighted by atomic mass is 9.91. The molecule has 0 aromatic heterocycles. The minimum absolute atomic E-state index is 0.131. The van der Waals surface area contributed by atoms with E-state index in [0.29, 0.717) is 5.92 Å². The molecule has 104 valence electrons. The van der Waals surface area contributed by atoms with Crippen LogP contribution < -0.4 is 0 Å². The second-order valence-corrected chi connectivity index (χ2v) is 5.31. The molecular formula is C16H23NO2. The fourth-order valence-electron chi connectivity index (χ4n) is 2.76. The molecule has 2 rings (SSSR count). The molecule has 0 N–H and O–H groups in total. The number of aryl methyl sites for hydroxylation is 1. The third-order valence-electron chi connectivity index (χ3n) is 3.82. The maximum atomic E-state index is 11.8. The number of methoxy groups -OCH3 is 1. The SMILES string of the molecule is COCC(=O)N1CCCC(CCc2ccccc2)C1. The minimum atomic E-state index is 0.131. The summed E-state index contributed by atoms with van der Waals surface area (Å²) in [5.74, 6) is 0.765. The van der Waals surface area contributed by atoms with Crippen LogP contribution in [0.3, 0.4) is 0 Å². The summed E-state index contributed by atoms with van der Waals surface area (Å²) in [7, 11) is 1.58. The van der Waals surface area contributed by atoms with Crippen LogP contribution in [0.25, 0.3) is 0 Å². The number of hydrogen-bond donors (Lipinski definition) is 0. The van der Waals surface area contributed by atoms with E-state index in [1.54, 1.807) is 7.11 Å². The number of amides is 1. The second kappa shape index (κ2) is 7.29. The van der Waals surface area contributed by atoms with Crippen LogP contribution in [0, 0.1) is 5.92 Å². The molecule has 0 radical (unpaired) electrons. The zero-order valence-electron chi connectivity index (χ0n) is 11.7. The number of nitrogens with zero attached hydrogens (tertiary/aromatic N) is 1. The third kappa shape index (κ3) is 4.35. The Kier molecular flexibility index (Phi) is 5.40. The van der Waals surface area contributed by atoms with Gasteiger partial charge in [-0.2, -0.15) is 0 Å². The summed E-state index contributed by atoms with van der Waals surface area (Å²) in [5, 5.41) is 0. The fourth-order valence-corrected chi connectivity index (χ4v) is 2.76. The van der Waals surface area contributed by atoms with Gasteiger partial charge in [-0.05, 0) is 37.2 Å². The Morgan fingerprint density at radius 3 is 2.89 bits per heavy atom. The van der Waals surface area contributed by atoms with Crippen molar-refractivity contribution in [3.63, 3.8) is 0 Å². The van der Waals surface area contributed by atoms with Gasteiger partial charge in [0.2, 0.25) is 5.91 Å². The molecule has 0 aliphatic carbocycles. The molecule has 0 bridgehead atoms. The Morgan fingerprint density at radius 2 is 2.16 bits per heavy atom. The molecule has 1 heterocycles. The van der Waals surface area contributed by atoms with Crippen LogP contribution in [-0.4, -0.2) is 37.6 Å². The van der Waals surface area contributed by atoms with Gasteiger partial charge in [0.15, 0.2) is 0 Å². The van der Waals surface area contributed by atoms with Crippen LogP contribution >= 0.6 is 0 Å². The highest BCUT2D eigenvalue weighted by molar-refractivity contribution is 5.77. The summed E-state index contributed by atoms with van der Waals surface area (Å²) in [5.41, 5.74) is 1.39. The quantitative estimate of drug-likeness (QED) is 0.815. The molecule has 0 spiro atoms. The molecule has 1 aliphatic rings. The first-order chi connectivity index (χ1) is 9.29. The van der Waals surface area contributed by atoms with Crippen molar-refractivity contribution in [3.05, 3.63) is 35.9 Å². The van der Waals surface area contributed by atoms with E-state index in [9.17, 15) is 4.79 Å². The van der Waals surface area contributed by atoms with Crippen LogP contribution in [0.4, 0.5) is 0 Å². The van der Waals surface area contributed by atoms with Crippen LogP contribution in [-0.2, 0) is 16.0 Å². The molecular weight excluding hydrogens is 238 g/mol. The average molecular weight is 261 g/mol. The number of benzene rings is 1. The summed E-state index contributed by atoms with van der Waals surface area (Å²) in [6, 6.07) is 10.6. The van der Waals surface area contributed by atoms with E-state index in [2.05, 4.69) is 30.3 Å². The van der Waals surface area contributed by atoms with Crippen LogP contribution in [0.5, 0.6) is 0 Å². The summed E-state index contributed by atoms with van der Waals surface area (Å²) < 4.78 is 4.93. The number of carbonyl (C=O) groups is 1. The molecule has 3 nitrogen and oxygen atoms in total. The molecule has 1 aliphatic heterocycles. The highest BCUT2D eigenvalue weighted by Crippen LogP contribution is 2.21. The number of ether oxygens (including phenoxy) is 1. The molecule has 1 unspecified atom stereocenters. The van der Waals surface area contributed by atoms with Crippen molar-refractivity contribution >= 4 is 5.91 Å². The second-order valence-electron chi connectivity index (χ2n) is 5.31. The summed E-state index contributed by atoms with van der Waals surface area (Å²) in [6.07, 6.45) is 4.64. The normalized spacial score (nSPS) is 19.4. The van der Waals surface area contributed by atoms with Gasteiger partial charge >= 0.3 is 0 Å². The summed E-state index contributed by atoms with van der Waals surface area (Å²) in [4.78, 5) is 13.8. The molecule has 1 atom stereocenters. The van der Waals surface area contributed by atoms with Crippen molar-refractivity contribution in [2.75, 3.05) is 26.8 Å². The predicted octanol–water partition coefficient (Wildman–Crippen LogP) is 2.50. The zero-order chi connectivity index (χ0) is 13.5. The van der Waals surface area contributed by atoms with Gasteiger partial charge in [-0.25, -0.2) is 0 Å². The molecule has 1 aromatic rings. The highest BCUT2D eigenvalue weighted by atomic mass is 16.5. The third-order valence-corrected chi connectivity index (χ3v) is 3.82.